The average Bonchev–Trinajstić information content (AvgIpc) is 2.58. The van der Waals surface area contributed by atoms with Crippen LogP contribution in [0, 0.1) is 0 Å². The number of nitrogens with zero attached hydrogens (tertiary/aromatic N) is 2. The highest BCUT2D eigenvalue weighted by atomic mass is 79.9. The maximum atomic E-state index is 4.48. The summed E-state index contributed by atoms with van der Waals surface area (Å²) < 4.78 is 2.33. The van der Waals surface area contributed by atoms with Gasteiger partial charge >= 0.3 is 0 Å². The summed E-state index contributed by atoms with van der Waals surface area (Å²) in [6.07, 6.45) is 14.9. The molecular weight excluding hydrogens is 348 g/mol. The Balaban J connectivity index is 0.00000264. The van der Waals surface area contributed by atoms with Crippen LogP contribution in [-0.4, -0.2) is 4.98 Å². The van der Waals surface area contributed by atoms with Crippen LogP contribution >= 0.6 is 0 Å². The molecule has 0 spiro atoms. The van der Waals surface area contributed by atoms with Crippen molar-refractivity contribution in [1.82, 2.24) is 4.98 Å². The molecule has 2 rings (SSSR count). The Hall–Kier alpha value is -1.22. The smallest absolute Gasteiger partial charge is 0.231 e. The number of aryl methyl sites for hydroxylation is 1. The second-order valence-electron chi connectivity index (χ2n) is 5.97. The topological polar surface area (TPSA) is 16.8 Å². The first kappa shape index (κ1) is 19.8. The predicted molar refractivity (Wildman–Crippen MR) is 92.5 cm³/mol. The second-order valence-corrected chi connectivity index (χ2v) is 5.97. The molecule has 0 saturated carbocycles. The maximum absolute atomic E-state index is 4.48. The van der Waals surface area contributed by atoms with E-state index in [4.69, 9.17) is 0 Å². The van der Waals surface area contributed by atoms with Gasteiger partial charge in [-0.25, -0.2) is 4.98 Å². The summed E-state index contributed by atoms with van der Waals surface area (Å²) in [6.45, 7) is 3.36. The van der Waals surface area contributed by atoms with E-state index in [1.54, 1.807) is 0 Å². The lowest BCUT2D eigenvalue weighted by molar-refractivity contribution is -0.686. The number of aromatic nitrogens is 2. The van der Waals surface area contributed by atoms with Crippen molar-refractivity contribution in [3.8, 4) is 11.4 Å². The number of hydrogen-bond donors (Lipinski definition) is 0. The zero-order valence-electron chi connectivity index (χ0n) is 14.3. The summed E-state index contributed by atoms with van der Waals surface area (Å²) in [5.41, 5.74) is 2.27. The van der Waals surface area contributed by atoms with E-state index < -0.39 is 0 Å². The van der Waals surface area contributed by atoms with Crippen LogP contribution in [-0.2, 0) is 6.54 Å². The lowest BCUT2D eigenvalue weighted by Crippen LogP contribution is -3.00. The molecule has 23 heavy (non-hydrogen) atoms. The first-order valence-corrected chi connectivity index (χ1v) is 8.81. The molecule has 0 aliphatic rings. The fraction of sp³-hybridized carbons (Fsp3) is 0.500. The quantitative estimate of drug-likeness (QED) is 0.458. The molecule has 0 unspecified atom stereocenters. The van der Waals surface area contributed by atoms with E-state index in [0.717, 1.165) is 12.2 Å². The molecule has 126 valence electrons. The number of hydrogen-bond acceptors (Lipinski definition) is 1. The zero-order valence-corrected chi connectivity index (χ0v) is 15.8. The molecule has 0 aliphatic heterocycles. The van der Waals surface area contributed by atoms with E-state index in [-0.39, 0.29) is 17.0 Å². The minimum atomic E-state index is 0. The van der Waals surface area contributed by atoms with Crippen molar-refractivity contribution < 1.29 is 21.5 Å². The normalized spacial score (nSPS) is 10.3. The maximum Gasteiger partial charge on any atom is 0.231 e. The van der Waals surface area contributed by atoms with Crippen LogP contribution in [0.5, 0.6) is 0 Å². The molecule has 0 N–H and O–H groups in total. The van der Waals surface area contributed by atoms with Gasteiger partial charge in [0.15, 0.2) is 6.20 Å². The summed E-state index contributed by atoms with van der Waals surface area (Å²) >= 11 is 0. The van der Waals surface area contributed by atoms with Crippen LogP contribution < -0.4 is 21.5 Å². The molecule has 0 aliphatic carbocycles. The first-order valence-electron chi connectivity index (χ1n) is 8.81. The van der Waals surface area contributed by atoms with Crippen LogP contribution in [0.15, 0.2) is 48.8 Å². The van der Waals surface area contributed by atoms with Gasteiger partial charge < -0.3 is 17.0 Å². The molecule has 2 aromatic rings. The molecule has 0 bridgehead atoms. The van der Waals surface area contributed by atoms with E-state index in [1.165, 1.54) is 57.1 Å². The second kappa shape index (κ2) is 12.2. The number of halogens is 1. The Morgan fingerprint density at radius 1 is 0.826 bits per heavy atom. The third kappa shape index (κ3) is 7.26. The largest absolute Gasteiger partial charge is 1.00 e. The molecule has 0 fully saturated rings. The van der Waals surface area contributed by atoms with E-state index in [9.17, 15) is 0 Å². The Morgan fingerprint density at radius 2 is 1.52 bits per heavy atom. The van der Waals surface area contributed by atoms with Crippen LogP contribution in [0.1, 0.15) is 58.3 Å². The Kier molecular flexibility index (Phi) is 10.5. The van der Waals surface area contributed by atoms with Gasteiger partial charge in [0.1, 0.15) is 12.2 Å². The third-order valence-electron chi connectivity index (χ3n) is 4.12. The first-order chi connectivity index (χ1) is 10.9. The van der Waals surface area contributed by atoms with Crippen molar-refractivity contribution >= 4 is 0 Å². The van der Waals surface area contributed by atoms with Gasteiger partial charge in [0.25, 0.3) is 0 Å². The molecule has 2 aromatic heterocycles. The fourth-order valence-electron chi connectivity index (χ4n) is 2.83. The fourth-order valence-corrected chi connectivity index (χ4v) is 2.83. The highest BCUT2D eigenvalue weighted by Crippen LogP contribution is 2.12. The molecule has 3 heteroatoms. The van der Waals surface area contributed by atoms with Gasteiger partial charge in [-0.3, -0.25) is 0 Å². The van der Waals surface area contributed by atoms with E-state index >= 15 is 0 Å². The summed E-state index contributed by atoms with van der Waals surface area (Å²) in [5.74, 6) is 0. The van der Waals surface area contributed by atoms with Crippen molar-refractivity contribution in [3.63, 3.8) is 0 Å². The Morgan fingerprint density at radius 3 is 2.22 bits per heavy atom. The van der Waals surface area contributed by atoms with Gasteiger partial charge in [-0.2, -0.15) is 4.57 Å². The van der Waals surface area contributed by atoms with E-state index in [2.05, 4.69) is 53.0 Å². The van der Waals surface area contributed by atoms with Crippen molar-refractivity contribution in [2.45, 2.75) is 64.8 Å². The van der Waals surface area contributed by atoms with Crippen molar-refractivity contribution in [2.75, 3.05) is 0 Å². The van der Waals surface area contributed by atoms with Gasteiger partial charge in [0.2, 0.25) is 5.69 Å². The lowest BCUT2D eigenvalue weighted by Gasteiger charge is -2.04. The Labute approximate surface area is 151 Å². The molecule has 0 saturated heterocycles. The Bertz CT molecular complexity index is 528. The highest BCUT2D eigenvalue weighted by Gasteiger charge is 2.12. The van der Waals surface area contributed by atoms with Crippen molar-refractivity contribution in [3.05, 3.63) is 48.8 Å². The summed E-state index contributed by atoms with van der Waals surface area (Å²) in [6, 6.07) is 12.5. The van der Waals surface area contributed by atoms with Gasteiger partial charge in [-0.1, -0.05) is 51.5 Å². The SMILES string of the molecule is CCCCCCCCCC[n+]1ccccc1-c1ccccn1.[Br-]. The lowest BCUT2D eigenvalue weighted by atomic mass is 10.1. The molecule has 0 amide bonds. The van der Waals surface area contributed by atoms with Gasteiger partial charge in [-0.05, 0) is 24.6 Å². The molecule has 0 atom stereocenters. The minimum absolute atomic E-state index is 0. The van der Waals surface area contributed by atoms with Gasteiger partial charge in [-0.15, -0.1) is 0 Å². The number of pyridine rings is 2. The summed E-state index contributed by atoms with van der Waals surface area (Å²) in [4.78, 5) is 4.48. The molecular formula is C20H29BrN2. The molecule has 0 aromatic carbocycles. The number of unbranched alkanes of at least 4 members (excludes halogenated alkanes) is 7. The van der Waals surface area contributed by atoms with Crippen LogP contribution in [0.25, 0.3) is 11.4 Å². The summed E-state index contributed by atoms with van der Waals surface area (Å²) in [5, 5.41) is 0. The predicted octanol–water partition coefficient (Wildman–Crippen LogP) is 2.18. The van der Waals surface area contributed by atoms with E-state index in [1.807, 2.05) is 12.3 Å². The molecule has 2 nitrogen and oxygen atoms in total. The average molecular weight is 377 g/mol. The van der Waals surface area contributed by atoms with Gasteiger partial charge in [0, 0.05) is 24.8 Å². The van der Waals surface area contributed by atoms with Gasteiger partial charge in [0.05, 0.1) is 0 Å². The zero-order chi connectivity index (χ0) is 15.5. The molecule has 2 heterocycles. The number of rotatable bonds is 10. The van der Waals surface area contributed by atoms with Crippen LogP contribution in [0.3, 0.4) is 0 Å². The third-order valence-corrected chi connectivity index (χ3v) is 4.12. The summed E-state index contributed by atoms with van der Waals surface area (Å²) in [7, 11) is 0. The van der Waals surface area contributed by atoms with Crippen molar-refractivity contribution in [2.24, 2.45) is 0 Å². The highest BCUT2D eigenvalue weighted by molar-refractivity contribution is 5.49. The van der Waals surface area contributed by atoms with E-state index in [0.29, 0.717) is 0 Å². The monoisotopic (exact) mass is 376 g/mol. The van der Waals surface area contributed by atoms with Crippen LogP contribution in [0.4, 0.5) is 0 Å². The minimum Gasteiger partial charge on any atom is -1.00 e. The molecule has 0 radical (unpaired) electrons. The van der Waals surface area contributed by atoms with Crippen LogP contribution in [0.2, 0.25) is 0 Å². The standard InChI is InChI=1S/C20H29N2.BrH/c1-2-3-4-5-6-7-8-12-17-22-18-13-10-15-20(22)19-14-9-11-16-21-19;/h9-11,13-16,18H,2-8,12,17H2,1H3;1H/q+1;/p-1. The van der Waals surface area contributed by atoms with Crippen molar-refractivity contribution in [1.29, 1.82) is 0 Å².